The normalized spacial score (nSPS) is 13.7. The van der Waals surface area contributed by atoms with E-state index in [0.717, 1.165) is 0 Å². The third kappa shape index (κ3) is 4.45. The smallest absolute Gasteiger partial charge is 0.140 e. The second-order valence-corrected chi connectivity index (χ2v) is 5.45. The van der Waals surface area contributed by atoms with Crippen molar-refractivity contribution in [1.29, 1.82) is 5.26 Å². The van der Waals surface area contributed by atoms with Gasteiger partial charge in [-0.2, -0.15) is 5.26 Å². The zero-order valence-corrected chi connectivity index (χ0v) is 9.87. The van der Waals surface area contributed by atoms with Crippen molar-refractivity contribution >= 4 is 7.95 Å². The van der Waals surface area contributed by atoms with Crippen LogP contribution in [0, 0.1) is 11.3 Å². The number of hydrogen-bond donors (Lipinski definition) is 0. The van der Waals surface area contributed by atoms with Gasteiger partial charge in [-0.25, -0.2) is 0 Å². The van der Waals surface area contributed by atoms with Crippen LogP contribution in [-0.4, -0.2) is 22.9 Å². The first-order valence-electron chi connectivity index (χ1n) is 4.68. The van der Waals surface area contributed by atoms with Gasteiger partial charge in [0.15, 0.2) is 0 Å². The molecular weight excluding hydrogens is 183 g/mol. The minimum atomic E-state index is -1.73. The summed E-state index contributed by atoms with van der Waals surface area (Å²) in [5.74, 6) is 0. The van der Waals surface area contributed by atoms with E-state index >= 15 is 0 Å². The highest BCUT2D eigenvalue weighted by molar-refractivity contribution is 7.42. The summed E-state index contributed by atoms with van der Waals surface area (Å²) >= 11 is 0. The molecule has 0 amide bonds. The molecule has 3 nitrogen and oxygen atoms in total. The van der Waals surface area contributed by atoms with Crippen LogP contribution in [-0.2, 0) is 4.57 Å². The zero-order valence-electron chi connectivity index (χ0n) is 8.87. The fourth-order valence-corrected chi connectivity index (χ4v) is 3.20. The fourth-order valence-electron chi connectivity index (χ4n) is 1.46. The largest absolute Gasteiger partial charge is 0.310 e. The Morgan fingerprint density at radius 3 is 2.08 bits per heavy atom. The average Bonchev–Trinajstić information content (AvgIpc) is 1.99. The van der Waals surface area contributed by atoms with Gasteiger partial charge in [-0.15, -0.1) is 0 Å². The zero-order chi connectivity index (χ0) is 10.4. The molecule has 0 aliphatic heterocycles. The van der Waals surface area contributed by atoms with Gasteiger partial charge < -0.3 is 4.57 Å². The van der Waals surface area contributed by atoms with Crippen LogP contribution in [0.4, 0.5) is 0 Å². The van der Waals surface area contributed by atoms with Crippen molar-refractivity contribution in [1.82, 2.24) is 4.67 Å². The molecule has 0 heterocycles. The fraction of sp³-hybridized carbons (Fsp3) is 0.889. The lowest BCUT2D eigenvalue weighted by Gasteiger charge is -2.29. The molecule has 0 saturated carbocycles. The summed E-state index contributed by atoms with van der Waals surface area (Å²) in [6.07, 6.45) is 0.922. The Bertz CT molecular complexity index is 200. The first kappa shape index (κ1) is 12.7. The van der Waals surface area contributed by atoms with E-state index in [9.17, 15) is 4.57 Å². The van der Waals surface area contributed by atoms with Gasteiger partial charge >= 0.3 is 0 Å². The lowest BCUT2D eigenvalue weighted by Crippen LogP contribution is -2.31. The van der Waals surface area contributed by atoms with E-state index in [0.29, 0.717) is 24.7 Å². The highest BCUT2D eigenvalue weighted by Crippen LogP contribution is 2.32. The summed E-state index contributed by atoms with van der Waals surface area (Å²) in [6.45, 7) is 8.15. The van der Waals surface area contributed by atoms with Crippen molar-refractivity contribution in [3.8, 4) is 6.07 Å². The van der Waals surface area contributed by atoms with Gasteiger partial charge in [0.2, 0.25) is 0 Å². The number of nitrogens with zero attached hydrogens (tertiary/aromatic N) is 2. The third-order valence-electron chi connectivity index (χ3n) is 1.85. The topological polar surface area (TPSA) is 44.1 Å². The highest BCUT2D eigenvalue weighted by atomic mass is 31.1. The van der Waals surface area contributed by atoms with E-state index in [1.165, 1.54) is 0 Å². The van der Waals surface area contributed by atoms with Gasteiger partial charge in [-0.3, -0.25) is 4.67 Å². The summed E-state index contributed by atoms with van der Waals surface area (Å²) in [6, 6.07) is 2.62. The van der Waals surface area contributed by atoms with E-state index < -0.39 is 7.95 Å². The maximum absolute atomic E-state index is 11.7. The lowest BCUT2D eigenvalue weighted by molar-refractivity contribution is 0.309. The van der Waals surface area contributed by atoms with Crippen LogP contribution in [0.1, 0.15) is 34.1 Å². The first-order chi connectivity index (χ1) is 6.00. The Hall–Kier alpha value is -0.320. The van der Waals surface area contributed by atoms with Gasteiger partial charge in [0.05, 0.1) is 6.07 Å². The van der Waals surface area contributed by atoms with E-state index in [4.69, 9.17) is 5.26 Å². The summed E-state index contributed by atoms with van der Waals surface area (Å²) in [5.41, 5.74) is 0. The average molecular weight is 202 g/mol. The predicted molar refractivity (Wildman–Crippen MR) is 56.2 cm³/mol. The molecule has 0 radical (unpaired) electrons. The molecule has 1 atom stereocenters. The van der Waals surface area contributed by atoms with Crippen LogP contribution < -0.4 is 0 Å². The molecule has 0 aliphatic rings. The van der Waals surface area contributed by atoms with Crippen LogP contribution in [0.25, 0.3) is 0 Å². The summed E-state index contributed by atoms with van der Waals surface area (Å²) in [7, 11) is -1.73. The van der Waals surface area contributed by atoms with Crippen molar-refractivity contribution in [2.75, 3.05) is 6.16 Å². The molecule has 0 aromatic carbocycles. The van der Waals surface area contributed by atoms with Crippen LogP contribution in [0.3, 0.4) is 0 Å². The maximum Gasteiger partial charge on any atom is 0.140 e. The van der Waals surface area contributed by atoms with Gasteiger partial charge in [0.1, 0.15) is 7.95 Å². The number of nitriles is 1. The van der Waals surface area contributed by atoms with Crippen LogP contribution in [0.15, 0.2) is 0 Å². The van der Waals surface area contributed by atoms with E-state index in [-0.39, 0.29) is 0 Å². The summed E-state index contributed by atoms with van der Waals surface area (Å²) in [5, 5.41) is 8.38. The minimum absolute atomic E-state index is 0.296. The maximum atomic E-state index is 11.7. The quantitative estimate of drug-likeness (QED) is 0.643. The molecule has 0 aromatic rings. The molecule has 0 saturated heterocycles. The van der Waals surface area contributed by atoms with Gasteiger partial charge in [0, 0.05) is 24.7 Å². The van der Waals surface area contributed by atoms with Crippen molar-refractivity contribution in [2.24, 2.45) is 0 Å². The Morgan fingerprint density at radius 1 is 1.31 bits per heavy atom. The standard InChI is InChI=1S/C9H19N2OP/c1-8(2)11(9(3)4)13(12)7-5-6-10/h8-9,13H,5,7H2,1-4H3. The Kier molecular flexibility index (Phi) is 6.03. The highest BCUT2D eigenvalue weighted by Gasteiger charge is 2.18. The molecule has 1 unspecified atom stereocenters. The summed E-state index contributed by atoms with van der Waals surface area (Å²) in [4.78, 5) is 0. The SMILES string of the molecule is CC(C)N(C(C)C)[PH](=O)CCC#N. The molecule has 76 valence electrons. The minimum Gasteiger partial charge on any atom is -0.310 e. The summed E-state index contributed by atoms with van der Waals surface area (Å²) < 4.78 is 13.7. The van der Waals surface area contributed by atoms with Crippen LogP contribution >= 0.6 is 7.95 Å². The van der Waals surface area contributed by atoms with Crippen molar-refractivity contribution in [2.45, 2.75) is 46.2 Å². The molecule has 0 aromatic heterocycles. The Labute approximate surface area is 81.6 Å². The van der Waals surface area contributed by atoms with E-state index in [2.05, 4.69) is 0 Å². The molecule has 0 N–H and O–H groups in total. The van der Waals surface area contributed by atoms with Crippen molar-refractivity contribution in [3.63, 3.8) is 0 Å². The van der Waals surface area contributed by atoms with Crippen LogP contribution in [0.2, 0.25) is 0 Å². The van der Waals surface area contributed by atoms with Gasteiger partial charge in [-0.1, -0.05) is 0 Å². The third-order valence-corrected chi connectivity index (χ3v) is 4.14. The monoisotopic (exact) mass is 202 g/mol. The second kappa shape index (κ2) is 6.18. The molecule has 0 bridgehead atoms. The molecule has 0 aliphatic carbocycles. The van der Waals surface area contributed by atoms with E-state index in [1.807, 2.05) is 38.4 Å². The van der Waals surface area contributed by atoms with Gasteiger partial charge in [-0.05, 0) is 27.7 Å². The number of rotatable bonds is 5. The predicted octanol–water partition coefficient (Wildman–Crippen LogP) is 2.49. The molecule has 0 rings (SSSR count). The first-order valence-corrected chi connectivity index (χ1v) is 6.25. The molecule has 4 heteroatoms. The second-order valence-electron chi connectivity index (χ2n) is 3.65. The van der Waals surface area contributed by atoms with Crippen molar-refractivity contribution < 1.29 is 4.57 Å². The van der Waals surface area contributed by atoms with Gasteiger partial charge in [0.25, 0.3) is 0 Å². The van der Waals surface area contributed by atoms with E-state index in [1.54, 1.807) is 0 Å². The Morgan fingerprint density at radius 2 is 1.77 bits per heavy atom. The van der Waals surface area contributed by atoms with Crippen molar-refractivity contribution in [3.05, 3.63) is 0 Å². The Balaban J connectivity index is 4.22. The van der Waals surface area contributed by atoms with Crippen LogP contribution in [0.5, 0.6) is 0 Å². The lowest BCUT2D eigenvalue weighted by atomic mass is 10.3. The number of hydrogen-bond acceptors (Lipinski definition) is 2. The molecule has 13 heavy (non-hydrogen) atoms. The molecule has 0 spiro atoms. The molecule has 0 fully saturated rings. The molecular formula is C9H19N2OP.